The second kappa shape index (κ2) is 5.56. The Bertz CT molecular complexity index is 672. The lowest BCUT2D eigenvalue weighted by molar-refractivity contribution is -0.137. The molecule has 0 unspecified atom stereocenters. The van der Waals surface area contributed by atoms with Crippen LogP contribution >= 0.6 is 11.6 Å². The molecule has 0 heterocycles. The first-order valence-electron chi connectivity index (χ1n) is 5.75. The van der Waals surface area contributed by atoms with Gasteiger partial charge in [0.25, 0.3) is 0 Å². The Morgan fingerprint density at radius 3 is 2.40 bits per heavy atom. The van der Waals surface area contributed by atoms with Gasteiger partial charge >= 0.3 is 6.18 Å². The highest BCUT2D eigenvalue weighted by Crippen LogP contribution is 2.39. The fourth-order valence-corrected chi connectivity index (χ4v) is 2.16. The first-order chi connectivity index (χ1) is 9.43. The van der Waals surface area contributed by atoms with Crippen molar-refractivity contribution in [2.75, 3.05) is 0 Å². The zero-order valence-corrected chi connectivity index (χ0v) is 11.0. The summed E-state index contributed by atoms with van der Waals surface area (Å²) >= 11 is 6.00. The summed E-state index contributed by atoms with van der Waals surface area (Å²) in [5.41, 5.74) is 0.192. The first-order valence-corrected chi connectivity index (χ1v) is 6.13. The van der Waals surface area contributed by atoms with E-state index in [2.05, 4.69) is 0 Å². The highest BCUT2D eigenvalue weighted by atomic mass is 35.5. The molecule has 102 valence electrons. The molecule has 2 rings (SSSR count). The molecule has 0 bridgehead atoms. The van der Waals surface area contributed by atoms with Gasteiger partial charge in [0.2, 0.25) is 0 Å². The molecule has 0 aliphatic rings. The van der Waals surface area contributed by atoms with Gasteiger partial charge in [-0.15, -0.1) is 0 Å². The van der Waals surface area contributed by atoms with Gasteiger partial charge in [-0.05, 0) is 29.3 Å². The van der Waals surface area contributed by atoms with Crippen molar-refractivity contribution in [2.45, 2.75) is 12.6 Å². The molecule has 1 nitrogen and oxygen atoms in total. The zero-order valence-electron chi connectivity index (χ0n) is 10.2. The lowest BCUT2D eigenvalue weighted by atomic mass is 9.97. The molecular weight excluding hydrogens is 287 g/mol. The van der Waals surface area contributed by atoms with Crippen molar-refractivity contribution in [1.29, 1.82) is 5.26 Å². The number of nitrogens with zero attached hydrogens (tertiary/aromatic N) is 1. The average molecular weight is 296 g/mol. The second-order valence-corrected chi connectivity index (χ2v) is 4.60. The van der Waals surface area contributed by atoms with E-state index in [0.29, 0.717) is 5.56 Å². The lowest BCUT2D eigenvalue weighted by Gasteiger charge is -2.14. The predicted molar refractivity (Wildman–Crippen MR) is 71.2 cm³/mol. The summed E-state index contributed by atoms with van der Waals surface area (Å²) in [4.78, 5) is 0. The Morgan fingerprint density at radius 1 is 1.05 bits per heavy atom. The quantitative estimate of drug-likeness (QED) is 0.757. The lowest BCUT2D eigenvalue weighted by Crippen LogP contribution is -2.07. The number of hydrogen-bond donors (Lipinski definition) is 0. The van der Waals surface area contributed by atoms with Crippen molar-refractivity contribution in [1.82, 2.24) is 0 Å². The van der Waals surface area contributed by atoms with Crippen molar-refractivity contribution < 1.29 is 13.2 Å². The van der Waals surface area contributed by atoms with Crippen molar-refractivity contribution in [2.24, 2.45) is 0 Å². The van der Waals surface area contributed by atoms with Crippen LogP contribution in [0, 0.1) is 11.3 Å². The van der Waals surface area contributed by atoms with Crippen molar-refractivity contribution in [3.8, 4) is 17.2 Å². The maximum absolute atomic E-state index is 13.0. The third-order valence-corrected chi connectivity index (χ3v) is 3.17. The van der Waals surface area contributed by atoms with E-state index in [1.54, 1.807) is 6.07 Å². The molecule has 0 fully saturated rings. The second-order valence-electron chi connectivity index (χ2n) is 4.19. The van der Waals surface area contributed by atoms with E-state index in [1.165, 1.54) is 30.3 Å². The van der Waals surface area contributed by atoms with E-state index >= 15 is 0 Å². The molecule has 0 radical (unpaired) electrons. The normalized spacial score (nSPS) is 11.2. The number of hydrogen-bond acceptors (Lipinski definition) is 1. The molecule has 0 aromatic heterocycles. The Balaban J connectivity index is 2.63. The summed E-state index contributed by atoms with van der Waals surface area (Å²) in [6.45, 7) is 0. The topological polar surface area (TPSA) is 23.8 Å². The molecule has 0 aliphatic carbocycles. The first kappa shape index (κ1) is 14.4. The highest BCUT2D eigenvalue weighted by Gasteiger charge is 2.33. The minimum atomic E-state index is -4.45. The minimum Gasteiger partial charge on any atom is -0.198 e. The molecule has 2 aromatic carbocycles. The monoisotopic (exact) mass is 295 g/mol. The van der Waals surface area contributed by atoms with Crippen LogP contribution in [0.3, 0.4) is 0 Å². The molecule has 0 amide bonds. The Morgan fingerprint density at radius 2 is 1.75 bits per heavy atom. The molecule has 2 aromatic rings. The van der Waals surface area contributed by atoms with Gasteiger partial charge in [0.1, 0.15) is 0 Å². The molecule has 5 heteroatoms. The SMILES string of the molecule is N#CCc1ccc(Cl)c(-c2ccccc2C(F)(F)F)c1. The van der Waals surface area contributed by atoms with Crippen LogP contribution < -0.4 is 0 Å². The molecule has 20 heavy (non-hydrogen) atoms. The van der Waals surface area contributed by atoms with E-state index in [-0.39, 0.29) is 22.6 Å². The zero-order chi connectivity index (χ0) is 14.8. The van der Waals surface area contributed by atoms with Crippen LogP contribution in [-0.2, 0) is 12.6 Å². The number of nitriles is 1. The van der Waals surface area contributed by atoms with Gasteiger partial charge in [-0.2, -0.15) is 18.4 Å². The number of alkyl halides is 3. The average Bonchev–Trinajstić information content (AvgIpc) is 2.40. The molecule has 0 atom stereocenters. The fraction of sp³-hybridized carbons (Fsp3) is 0.133. The molecule has 0 saturated carbocycles. The van der Waals surface area contributed by atoms with Crippen LogP contribution in [0.25, 0.3) is 11.1 Å². The van der Waals surface area contributed by atoms with E-state index in [1.807, 2.05) is 6.07 Å². The van der Waals surface area contributed by atoms with Crippen LogP contribution in [0.5, 0.6) is 0 Å². The summed E-state index contributed by atoms with van der Waals surface area (Å²) < 4.78 is 39.1. The molecular formula is C15H9ClF3N. The van der Waals surface area contributed by atoms with Gasteiger partial charge in [0, 0.05) is 10.6 Å². The van der Waals surface area contributed by atoms with E-state index in [4.69, 9.17) is 16.9 Å². The number of benzene rings is 2. The Hall–Kier alpha value is -1.99. The maximum atomic E-state index is 13.0. The van der Waals surface area contributed by atoms with Crippen molar-refractivity contribution in [3.63, 3.8) is 0 Å². The third-order valence-electron chi connectivity index (χ3n) is 2.84. The predicted octanol–water partition coefficient (Wildman–Crippen LogP) is 5.09. The van der Waals surface area contributed by atoms with Crippen LogP contribution in [0.4, 0.5) is 13.2 Å². The summed E-state index contributed by atoms with van der Waals surface area (Å²) in [5, 5.41) is 8.90. The van der Waals surface area contributed by atoms with Gasteiger partial charge < -0.3 is 0 Å². The van der Waals surface area contributed by atoms with Gasteiger partial charge in [0.15, 0.2) is 0 Å². The summed E-state index contributed by atoms with van der Waals surface area (Å²) in [6, 6.07) is 11.9. The molecule has 0 aliphatic heterocycles. The number of halogens is 4. The standard InChI is InChI=1S/C15H9ClF3N/c16-14-6-5-10(7-8-20)9-12(14)11-3-1-2-4-13(11)15(17,18)19/h1-6,9H,7H2. The number of rotatable bonds is 2. The minimum absolute atomic E-state index is 0.0183. The van der Waals surface area contributed by atoms with Gasteiger partial charge in [0.05, 0.1) is 18.1 Å². The highest BCUT2D eigenvalue weighted by molar-refractivity contribution is 6.33. The maximum Gasteiger partial charge on any atom is 0.417 e. The summed E-state index contributed by atoms with van der Waals surface area (Å²) in [7, 11) is 0. The van der Waals surface area contributed by atoms with E-state index < -0.39 is 11.7 Å². The fourth-order valence-electron chi connectivity index (χ4n) is 1.95. The van der Waals surface area contributed by atoms with Crippen LogP contribution in [0.2, 0.25) is 5.02 Å². The smallest absolute Gasteiger partial charge is 0.198 e. The van der Waals surface area contributed by atoms with Crippen LogP contribution in [-0.4, -0.2) is 0 Å². The van der Waals surface area contributed by atoms with Gasteiger partial charge in [-0.3, -0.25) is 0 Å². The molecule has 0 spiro atoms. The Kier molecular flexibility index (Phi) is 4.01. The van der Waals surface area contributed by atoms with Crippen molar-refractivity contribution in [3.05, 3.63) is 58.6 Å². The summed E-state index contributed by atoms with van der Waals surface area (Å²) in [5.74, 6) is 0. The molecule has 0 N–H and O–H groups in total. The molecule has 0 saturated heterocycles. The largest absolute Gasteiger partial charge is 0.417 e. The van der Waals surface area contributed by atoms with Crippen LogP contribution in [0.15, 0.2) is 42.5 Å². The van der Waals surface area contributed by atoms with Crippen LogP contribution in [0.1, 0.15) is 11.1 Å². The van der Waals surface area contributed by atoms with Gasteiger partial charge in [-0.25, -0.2) is 0 Å². The third kappa shape index (κ3) is 2.94. The van der Waals surface area contributed by atoms with E-state index in [9.17, 15) is 13.2 Å². The van der Waals surface area contributed by atoms with E-state index in [0.717, 1.165) is 6.07 Å². The van der Waals surface area contributed by atoms with Crippen molar-refractivity contribution >= 4 is 11.6 Å². The Labute approximate surface area is 119 Å². The van der Waals surface area contributed by atoms with Gasteiger partial charge in [-0.1, -0.05) is 35.9 Å². The summed E-state index contributed by atoms with van der Waals surface area (Å²) in [6.07, 6.45) is -4.33.